The van der Waals surface area contributed by atoms with Crippen LogP contribution in [0.1, 0.15) is 25.1 Å². The number of pyridine rings is 1. The standard InChI is InChI=1S/C11H14N2O2/c1-8(2)11(13(14)15)6-10-5-4-9(3)7-12-10/h4-8H,1-3H3/b11-6-. The molecule has 1 aromatic heterocycles. The fourth-order valence-corrected chi connectivity index (χ4v) is 1.15. The second kappa shape index (κ2) is 4.68. The van der Waals surface area contributed by atoms with Crippen molar-refractivity contribution in [2.75, 3.05) is 0 Å². The maximum atomic E-state index is 10.7. The molecular formula is C11H14N2O2. The number of aromatic nitrogens is 1. The monoisotopic (exact) mass is 206 g/mol. The molecule has 1 heterocycles. The van der Waals surface area contributed by atoms with E-state index in [1.165, 1.54) is 6.08 Å². The molecule has 1 aromatic rings. The van der Waals surface area contributed by atoms with Crippen LogP contribution < -0.4 is 0 Å². The summed E-state index contributed by atoms with van der Waals surface area (Å²) >= 11 is 0. The van der Waals surface area contributed by atoms with Gasteiger partial charge in [0, 0.05) is 18.2 Å². The van der Waals surface area contributed by atoms with E-state index in [0.717, 1.165) is 5.56 Å². The van der Waals surface area contributed by atoms with Crippen molar-refractivity contribution < 1.29 is 4.92 Å². The van der Waals surface area contributed by atoms with Crippen LogP contribution in [0.25, 0.3) is 6.08 Å². The van der Waals surface area contributed by atoms with Crippen LogP contribution in [-0.2, 0) is 0 Å². The highest BCUT2D eigenvalue weighted by atomic mass is 16.6. The third-order valence-electron chi connectivity index (χ3n) is 2.03. The number of allylic oxidation sites excluding steroid dienone is 1. The van der Waals surface area contributed by atoms with Crippen molar-refractivity contribution in [1.29, 1.82) is 0 Å². The van der Waals surface area contributed by atoms with E-state index in [4.69, 9.17) is 0 Å². The van der Waals surface area contributed by atoms with Crippen LogP contribution in [0, 0.1) is 23.0 Å². The molecule has 0 unspecified atom stereocenters. The Morgan fingerprint density at radius 3 is 2.60 bits per heavy atom. The Morgan fingerprint density at radius 1 is 1.53 bits per heavy atom. The normalized spacial score (nSPS) is 11.9. The van der Waals surface area contributed by atoms with E-state index in [2.05, 4.69) is 4.98 Å². The highest BCUT2D eigenvalue weighted by Gasteiger charge is 2.15. The molecule has 80 valence electrons. The van der Waals surface area contributed by atoms with E-state index in [1.807, 2.05) is 13.0 Å². The summed E-state index contributed by atoms with van der Waals surface area (Å²) < 4.78 is 0. The quantitative estimate of drug-likeness (QED) is 0.564. The van der Waals surface area contributed by atoms with Crippen LogP contribution in [0.4, 0.5) is 0 Å². The minimum Gasteiger partial charge on any atom is -0.259 e. The molecule has 0 fully saturated rings. The molecule has 0 aliphatic carbocycles. The van der Waals surface area contributed by atoms with Crippen molar-refractivity contribution in [3.05, 3.63) is 45.4 Å². The van der Waals surface area contributed by atoms with Crippen molar-refractivity contribution in [3.63, 3.8) is 0 Å². The van der Waals surface area contributed by atoms with E-state index < -0.39 is 0 Å². The molecule has 0 radical (unpaired) electrons. The van der Waals surface area contributed by atoms with E-state index in [9.17, 15) is 10.1 Å². The first kappa shape index (κ1) is 11.4. The topological polar surface area (TPSA) is 56.0 Å². The van der Waals surface area contributed by atoms with Gasteiger partial charge >= 0.3 is 0 Å². The van der Waals surface area contributed by atoms with Gasteiger partial charge in [0.1, 0.15) is 0 Å². The van der Waals surface area contributed by atoms with E-state index >= 15 is 0 Å². The summed E-state index contributed by atoms with van der Waals surface area (Å²) in [5.41, 5.74) is 1.85. The van der Waals surface area contributed by atoms with E-state index in [-0.39, 0.29) is 16.5 Å². The van der Waals surface area contributed by atoms with Gasteiger partial charge in [0.2, 0.25) is 0 Å². The van der Waals surface area contributed by atoms with Gasteiger partial charge in [-0.3, -0.25) is 15.1 Å². The van der Waals surface area contributed by atoms with Crippen molar-refractivity contribution in [1.82, 2.24) is 4.98 Å². The lowest BCUT2D eigenvalue weighted by molar-refractivity contribution is -0.431. The van der Waals surface area contributed by atoms with Crippen LogP contribution in [0.3, 0.4) is 0 Å². The summed E-state index contributed by atoms with van der Waals surface area (Å²) in [4.78, 5) is 14.5. The zero-order valence-corrected chi connectivity index (χ0v) is 9.10. The Bertz CT molecular complexity index is 380. The lowest BCUT2D eigenvalue weighted by Crippen LogP contribution is -2.05. The number of rotatable bonds is 3. The molecule has 4 nitrogen and oxygen atoms in total. The fourth-order valence-electron chi connectivity index (χ4n) is 1.15. The molecule has 0 N–H and O–H groups in total. The maximum Gasteiger partial charge on any atom is 0.250 e. The first-order valence-corrected chi connectivity index (χ1v) is 4.79. The average Bonchev–Trinajstić information content (AvgIpc) is 2.15. The van der Waals surface area contributed by atoms with E-state index in [1.54, 1.807) is 26.1 Å². The molecule has 0 aromatic carbocycles. The fraction of sp³-hybridized carbons (Fsp3) is 0.364. The summed E-state index contributed by atoms with van der Waals surface area (Å²) in [5.74, 6) is -0.108. The molecule has 0 spiro atoms. The molecule has 15 heavy (non-hydrogen) atoms. The molecule has 0 aliphatic heterocycles. The highest BCUT2D eigenvalue weighted by molar-refractivity contribution is 5.47. The zero-order chi connectivity index (χ0) is 11.4. The second-order valence-electron chi connectivity index (χ2n) is 3.74. The smallest absolute Gasteiger partial charge is 0.250 e. The van der Waals surface area contributed by atoms with Gasteiger partial charge in [-0.25, -0.2) is 0 Å². The number of nitro groups is 1. The summed E-state index contributed by atoms with van der Waals surface area (Å²) in [7, 11) is 0. The number of hydrogen-bond acceptors (Lipinski definition) is 3. The van der Waals surface area contributed by atoms with Crippen LogP contribution in [0.15, 0.2) is 24.0 Å². The third kappa shape index (κ3) is 3.16. The second-order valence-corrected chi connectivity index (χ2v) is 3.74. The van der Waals surface area contributed by atoms with Crippen LogP contribution >= 0.6 is 0 Å². The number of nitrogens with zero attached hydrogens (tertiary/aromatic N) is 2. The SMILES string of the molecule is Cc1ccc(/C=C(/C(C)C)[N+](=O)[O-])nc1. The van der Waals surface area contributed by atoms with Gasteiger partial charge in [0.05, 0.1) is 10.6 Å². The first-order chi connectivity index (χ1) is 7.00. The van der Waals surface area contributed by atoms with Gasteiger partial charge in [0.15, 0.2) is 0 Å². The van der Waals surface area contributed by atoms with Gasteiger partial charge in [0.25, 0.3) is 5.70 Å². The van der Waals surface area contributed by atoms with Crippen LogP contribution in [0.2, 0.25) is 0 Å². The molecule has 0 saturated carbocycles. The van der Waals surface area contributed by atoms with Crippen molar-refractivity contribution in [2.45, 2.75) is 20.8 Å². The summed E-state index contributed by atoms with van der Waals surface area (Å²) in [6.07, 6.45) is 3.22. The van der Waals surface area contributed by atoms with Crippen LogP contribution in [0.5, 0.6) is 0 Å². The van der Waals surface area contributed by atoms with Gasteiger partial charge < -0.3 is 0 Å². The molecule has 0 aliphatic rings. The van der Waals surface area contributed by atoms with Crippen molar-refractivity contribution in [2.24, 2.45) is 5.92 Å². The Morgan fingerprint density at radius 2 is 2.20 bits per heavy atom. The minimum atomic E-state index is -0.355. The first-order valence-electron chi connectivity index (χ1n) is 4.79. The third-order valence-corrected chi connectivity index (χ3v) is 2.03. The predicted octanol–water partition coefficient (Wildman–Crippen LogP) is 2.66. The molecule has 4 heteroatoms. The van der Waals surface area contributed by atoms with Crippen LogP contribution in [-0.4, -0.2) is 9.91 Å². The number of aryl methyl sites for hydroxylation is 1. The van der Waals surface area contributed by atoms with Crippen molar-refractivity contribution in [3.8, 4) is 0 Å². The molecule has 0 bridgehead atoms. The molecule has 0 atom stereocenters. The Kier molecular flexibility index (Phi) is 3.55. The van der Waals surface area contributed by atoms with Gasteiger partial charge in [-0.05, 0) is 18.6 Å². The van der Waals surface area contributed by atoms with Gasteiger partial charge in [-0.1, -0.05) is 19.9 Å². The van der Waals surface area contributed by atoms with E-state index in [0.29, 0.717) is 5.69 Å². The average molecular weight is 206 g/mol. The Hall–Kier alpha value is -1.71. The van der Waals surface area contributed by atoms with Gasteiger partial charge in [-0.2, -0.15) is 0 Å². The maximum absolute atomic E-state index is 10.7. The zero-order valence-electron chi connectivity index (χ0n) is 9.10. The molecular weight excluding hydrogens is 192 g/mol. The summed E-state index contributed by atoms with van der Waals surface area (Å²) in [6, 6.07) is 3.66. The Balaban J connectivity index is 3.02. The van der Waals surface area contributed by atoms with Crippen molar-refractivity contribution >= 4 is 6.08 Å². The molecule has 0 saturated heterocycles. The highest BCUT2D eigenvalue weighted by Crippen LogP contribution is 2.14. The summed E-state index contributed by atoms with van der Waals surface area (Å²) in [5, 5.41) is 10.7. The van der Waals surface area contributed by atoms with Gasteiger partial charge in [-0.15, -0.1) is 0 Å². The molecule has 0 amide bonds. The Labute approximate surface area is 88.8 Å². The lowest BCUT2D eigenvalue weighted by Gasteiger charge is -2.01. The predicted molar refractivity (Wildman–Crippen MR) is 58.8 cm³/mol. The number of hydrogen-bond donors (Lipinski definition) is 0. The summed E-state index contributed by atoms with van der Waals surface area (Å²) in [6.45, 7) is 5.52. The minimum absolute atomic E-state index is 0.108. The largest absolute Gasteiger partial charge is 0.259 e. The lowest BCUT2D eigenvalue weighted by atomic mass is 10.1. The molecule has 1 rings (SSSR count).